The molecule has 2 aliphatic rings. The van der Waals surface area contributed by atoms with E-state index in [9.17, 15) is 4.39 Å². The second kappa shape index (κ2) is 7.56. The molecule has 3 atom stereocenters. The number of rotatable bonds is 6. The zero-order valence-electron chi connectivity index (χ0n) is 16.6. The standard InChI is InChI=1S/C22H23ClFN5O/c1-29-9-15-13(16(15)10-29)4-5-30-21-8-20-14(7-19(21)25)22(27-11-26-20)28-12-2-3-18(24)17(23)6-12/h2-3,6-8,11,13,15-16H,4-5,9-10,25H2,1H3,(H,26,27,28)/t13?,15-,16?/m1/s1. The molecule has 3 N–H and O–H groups in total. The average molecular weight is 428 g/mol. The summed E-state index contributed by atoms with van der Waals surface area (Å²) in [5.74, 6) is 3.20. The minimum absolute atomic E-state index is 0.0417. The summed E-state index contributed by atoms with van der Waals surface area (Å²) in [5.41, 5.74) is 8.13. The first-order valence-corrected chi connectivity index (χ1v) is 10.4. The number of halogens is 2. The number of nitrogens with zero attached hydrogens (tertiary/aromatic N) is 3. The minimum atomic E-state index is -0.470. The molecule has 2 fully saturated rings. The van der Waals surface area contributed by atoms with E-state index in [1.807, 2.05) is 6.07 Å². The fourth-order valence-corrected chi connectivity index (χ4v) is 4.81. The summed E-state index contributed by atoms with van der Waals surface area (Å²) in [6, 6.07) is 8.06. The Balaban J connectivity index is 1.30. The Kier molecular flexibility index (Phi) is 4.87. The maximum Gasteiger partial charge on any atom is 0.144 e. The second-order valence-corrected chi connectivity index (χ2v) is 8.64. The largest absolute Gasteiger partial charge is 0.491 e. The van der Waals surface area contributed by atoms with Crippen LogP contribution in [0.25, 0.3) is 10.9 Å². The molecule has 2 heterocycles. The van der Waals surface area contributed by atoms with E-state index in [-0.39, 0.29) is 5.02 Å². The number of fused-ring (bicyclic) bond motifs is 2. The van der Waals surface area contributed by atoms with Crippen LogP contribution in [0.3, 0.4) is 0 Å². The van der Waals surface area contributed by atoms with E-state index in [0.29, 0.717) is 29.5 Å². The number of nitrogen functional groups attached to an aromatic ring is 1. The number of hydrogen-bond acceptors (Lipinski definition) is 6. The van der Waals surface area contributed by atoms with E-state index in [4.69, 9.17) is 22.1 Å². The van der Waals surface area contributed by atoms with E-state index >= 15 is 0 Å². The average Bonchev–Trinajstić information content (AvgIpc) is 3.17. The summed E-state index contributed by atoms with van der Waals surface area (Å²) >= 11 is 5.87. The molecule has 1 aromatic heterocycles. The molecule has 2 aromatic carbocycles. The van der Waals surface area contributed by atoms with Gasteiger partial charge in [0.05, 0.1) is 22.8 Å². The van der Waals surface area contributed by atoms with Gasteiger partial charge in [-0.2, -0.15) is 0 Å². The minimum Gasteiger partial charge on any atom is -0.491 e. The van der Waals surface area contributed by atoms with Gasteiger partial charge in [-0.3, -0.25) is 0 Å². The summed E-state index contributed by atoms with van der Waals surface area (Å²) in [6.07, 6.45) is 2.53. The molecule has 1 saturated carbocycles. The number of ether oxygens (including phenoxy) is 1. The van der Waals surface area contributed by atoms with E-state index in [0.717, 1.165) is 35.1 Å². The molecule has 30 heavy (non-hydrogen) atoms. The molecule has 6 nitrogen and oxygen atoms in total. The molecule has 1 saturated heterocycles. The molecular formula is C22H23ClFN5O. The zero-order valence-corrected chi connectivity index (χ0v) is 17.4. The van der Waals surface area contributed by atoms with Gasteiger partial charge in [-0.25, -0.2) is 14.4 Å². The molecular weight excluding hydrogens is 405 g/mol. The summed E-state index contributed by atoms with van der Waals surface area (Å²) in [6.45, 7) is 3.07. The van der Waals surface area contributed by atoms with Gasteiger partial charge < -0.3 is 20.7 Å². The van der Waals surface area contributed by atoms with Gasteiger partial charge in [0.25, 0.3) is 0 Å². The first kappa shape index (κ1) is 19.3. The van der Waals surface area contributed by atoms with Crippen LogP contribution in [0.15, 0.2) is 36.7 Å². The molecule has 1 aliphatic heterocycles. The number of hydrogen-bond donors (Lipinski definition) is 2. The molecule has 0 radical (unpaired) electrons. The summed E-state index contributed by atoms with van der Waals surface area (Å²) in [7, 11) is 2.19. The van der Waals surface area contributed by atoms with Gasteiger partial charge in [0, 0.05) is 30.2 Å². The highest BCUT2D eigenvalue weighted by Gasteiger charge is 2.53. The Morgan fingerprint density at radius 1 is 1.23 bits per heavy atom. The number of anilines is 3. The van der Waals surface area contributed by atoms with Gasteiger partial charge in [-0.05, 0) is 55.5 Å². The second-order valence-electron chi connectivity index (χ2n) is 8.23. The Labute approximate surface area is 179 Å². The van der Waals surface area contributed by atoms with Crippen LogP contribution in [0.1, 0.15) is 6.42 Å². The maximum atomic E-state index is 13.4. The molecule has 5 rings (SSSR count). The van der Waals surface area contributed by atoms with Crippen LogP contribution in [0.2, 0.25) is 5.02 Å². The van der Waals surface area contributed by atoms with Gasteiger partial charge in [0.1, 0.15) is 23.7 Å². The molecule has 8 heteroatoms. The van der Waals surface area contributed by atoms with Crippen molar-refractivity contribution in [1.82, 2.24) is 14.9 Å². The smallest absolute Gasteiger partial charge is 0.144 e. The van der Waals surface area contributed by atoms with E-state index in [1.165, 1.54) is 31.5 Å². The van der Waals surface area contributed by atoms with Crippen molar-refractivity contribution >= 4 is 39.7 Å². The van der Waals surface area contributed by atoms with Crippen molar-refractivity contribution < 1.29 is 9.13 Å². The van der Waals surface area contributed by atoms with Crippen LogP contribution >= 0.6 is 11.6 Å². The van der Waals surface area contributed by atoms with E-state index in [2.05, 4.69) is 27.2 Å². The predicted molar refractivity (Wildman–Crippen MR) is 117 cm³/mol. The summed E-state index contributed by atoms with van der Waals surface area (Å²) < 4.78 is 19.4. The normalized spacial score (nSPS) is 22.8. The quantitative estimate of drug-likeness (QED) is 0.570. The van der Waals surface area contributed by atoms with Crippen molar-refractivity contribution in [1.29, 1.82) is 0 Å². The van der Waals surface area contributed by atoms with Crippen molar-refractivity contribution in [3.05, 3.63) is 47.5 Å². The monoisotopic (exact) mass is 427 g/mol. The third-order valence-electron chi connectivity index (χ3n) is 6.21. The van der Waals surface area contributed by atoms with Crippen molar-refractivity contribution in [3.8, 4) is 5.75 Å². The van der Waals surface area contributed by atoms with Crippen LogP contribution < -0.4 is 15.8 Å². The molecule has 0 bridgehead atoms. The van der Waals surface area contributed by atoms with Crippen LogP contribution in [-0.4, -0.2) is 41.6 Å². The Bertz CT molecular complexity index is 1100. The highest BCUT2D eigenvalue weighted by molar-refractivity contribution is 6.31. The van der Waals surface area contributed by atoms with Crippen molar-refractivity contribution in [2.24, 2.45) is 17.8 Å². The lowest BCUT2D eigenvalue weighted by Gasteiger charge is -2.14. The number of benzene rings is 2. The van der Waals surface area contributed by atoms with Crippen LogP contribution in [0.5, 0.6) is 5.75 Å². The number of piperidine rings is 1. The van der Waals surface area contributed by atoms with Crippen molar-refractivity contribution in [2.45, 2.75) is 6.42 Å². The lowest BCUT2D eigenvalue weighted by atomic mass is 10.2. The molecule has 0 amide bonds. The lowest BCUT2D eigenvalue weighted by molar-refractivity contribution is 0.276. The summed E-state index contributed by atoms with van der Waals surface area (Å²) in [4.78, 5) is 11.0. The van der Waals surface area contributed by atoms with Gasteiger partial charge in [0.2, 0.25) is 0 Å². The molecule has 1 aliphatic carbocycles. The number of likely N-dealkylation sites (tertiary alicyclic amines) is 1. The van der Waals surface area contributed by atoms with Crippen molar-refractivity contribution in [2.75, 3.05) is 37.8 Å². The van der Waals surface area contributed by atoms with Crippen LogP contribution in [-0.2, 0) is 0 Å². The van der Waals surface area contributed by atoms with Gasteiger partial charge in [-0.1, -0.05) is 11.6 Å². The highest BCUT2D eigenvalue weighted by atomic mass is 35.5. The van der Waals surface area contributed by atoms with Gasteiger partial charge in [0.15, 0.2) is 0 Å². The Morgan fingerprint density at radius 2 is 2.03 bits per heavy atom. The fraction of sp³-hybridized carbons (Fsp3) is 0.364. The molecule has 2 unspecified atom stereocenters. The Hall–Kier alpha value is -2.64. The molecule has 0 spiro atoms. The predicted octanol–water partition coefficient (Wildman–Crippen LogP) is 4.32. The third-order valence-corrected chi connectivity index (χ3v) is 6.50. The molecule has 156 valence electrons. The lowest BCUT2D eigenvalue weighted by Crippen LogP contribution is -2.19. The topological polar surface area (TPSA) is 76.3 Å². The SMILES string of the molecule is CN1CC2C(CCOc3cc4ncnc(Nc5ccc(F)c(Cl)c5)c4cc3N)[C@H]2C1. The van der Waals surface area contributed by atoms with E-state index < -0.39 is 5.82 Å². The fourth-order valence-electron chi connectivity index (χ4n) is 4.63. The highest BCUT2D eigenvalue weighted by Crippen LogP contribution is 2.53. The third kappa shape index (κ3) is 3.63. The van der Waals surface area contributed by atoms with Gasteiger partial charge >= 0.3 is 0 Å². The summed E-state index contributed by atoms with van der Waals surface area (Å²) in [5, 5.41) is 3.95. The van der Waals surface area contributed by atoms with Crippen molar-refractivity contribution in [3.63, 3.8) is 0 Å². The zero-order chi connectivity index (χ0) is 20.8. The number of nitrogens with one attached hydrogen (secondary N) is 1. The van der Waals surface area contributed by atoms with Crippen LogP contribution in [0, 0.1) is 23.6 Å². The first-order chi connectivity index (χ1) is 14.5. The van der Waals surface area contributed by atoms with Crippen LogP contribution in [0.4, 0.5) is 21.6 Å². The number of nitrogens with two attached hydrogens (primary N) is 1. The van der Waals surface area contributed by atoms with Gasteiger partial charge in [-0.15, -0.1) is 0 Å². The first-order valence-electron chi connectivity index (χ1n) is 10.1. The van der Waals surface area contributed by atoms with E-state index in [1.54, 1.807) is 12.1 Å². The maximum absolute atomic E-state index is 13.4. The molecule has 3 aromatic rings. The Morgan fingerprint density at radius 3 is 2.80 bits per heavy atom. The number of aromatic nitrogens is 2.